The van der Waals surface area contributed by atoms with Gasteiger partial charge in [-0.1, -0.05) is 0 Å². The van der Waals surface area contributed by atoms with E-state index in [2.05, 4.69) is 25.6 Å². The lowest BCUT2D eigenvalue weighted by Gasteiger charge is -2.14. The van der Waals surface area contributed by atoms with Gasteiger partial charge in [0.15, 0.2) is 5.82 Å². The molecule has 2 aromatic heterocycles. The third-order valence-electron chi connectivity index (χ3n) is 3.82. The first kappa shape index (κ1) is 18.7. The number of ether oxygens (including phenoxy) is 1. The molecule has 138 valence electrons. The summed E-state index contributed by atoms with van der Waals surface area (Å²) < 4.78 is 5.14. The topological polar surface area (TPSA) is 89.0 Å². The molecule has 0 aliphatic carbocycles. The summed E-state index contributed by atoms with van der Waals surface area (Å²) in [6, 6.07) is 10.8. The number of thioether (sulfide) groups is 1. The predicted octanol–water partition coefficient (Wildman–Crippen LogP) is 3.56. The molecule has 0 bridgehead atoms. The van der Waals surface area contributed by atoms with Crippen LogP contribution in [0, 0.1) is 0 Å². The summed E-state index contributed by atoms with van der Waals surface area (Å²) in [6.07, 6.45) is 5.24. The van der Waals surface area contributed by atoms with Crippen LogP contribution in [0.25, 0.3) is 11.4 Å². The summed E-state index contributed by atoms with van der Waals surface area (Å²) >= 11 is 1.39. The molecule has 2 heterocycles. The van der Waals surface area contributed by atoms with E-state index in [1.807, 2.05) is 18.4 Å². The third-order valence-corrected chi connectivity index (χ3v) is 4.50. The van der Waals surface area contributed by atoms with Gasteiger partial charge in [-0.15, -0.1) is 11.8 Å². The Labute approximate surface area is 161 Å². The van der Waals surface area contributed by atoms with Gasteiger partial charge >= 0.3 is 0 Å². The van der Waals surface area contributed by atoms with Crippen molar-refractivity contribution in [1.29, 1.82) is 0 Å². The number of pyridine rings is 1. The number of hydrogen-bond acceptors (Lipinski definition) is 7. The molecule has 0 radical (unpaired) electrons. The van der Waals surface area contributed by atoms with Gasteiger partial charge < -0.3 is 15.4 Å². The Morgan fingerprint density at radius 1 is 1.07 bits per heavy atom. The molecule has 0 fully saturated rings. The Bertz CT molecular complexity index is 908. The second-order valence-corrected chi connectivity index (χ2v) is 6.24. The molecule has 1 aromatic carbocycles. The van der Waals surface area contributed by atoms with E-state index in [0.29, 0.717) is 27.9 Å². The van der Waals surface area contributed by atoms with Gasteiger partial charge in [0, 0.05) is 30.7 Å². The number of amides is 1. The highest BCUT2D eigenvalue weighted by molar-refractivity contribution is 7.98. The number of carbonyl (C=O) groups is 1. The highest BCUT2D eigenvalue weighted by Gasteiger charge is 2.21. The average Bonchev–Trinajstić information content (AvgIpc) is 2.73. The van der Waals surface area contributed by atoms with Crippen LogP contribution in [-0.2, 0) is 0 Å². The molecule has 0 unspecified atom stereocenters. The Hall–Kier alpha value is -3.13. The van der Waals surface area contributed by atoms with Crippen molar-refractivity contribution in [2.75, 3.05) is 31.0 Å². The fourth-order valence-corrected chi connectivity index (χ4v) is 3.04. The largest absolute Gasteiger partial charge is 0.497 e. The van der Waals surface area contributed by atoms with Gasteiger partial charge in [-0.05, 0) is 42.7 Å². The zero-order chi connectivity index (χ0) is 19.2. The molecule has 2 N–H and O–H groups in total. The van der Waals surface area contributed by atoms with E-state index < -0.39 is 0 Å². The summed E-state index contributed by atoms with van der Waals surface area (Å²) in [5.74, 6) is 1.44. The summed E-state index contributed by atoms with van der Waals surface area (Å²) in [7, 11) is 3.33. The monoisotopic (exact) mass is 381 g/mol. The number of aromatic nitrogens is 3. The number of nitrogens with zero attached hydrogens (tertiary/aromatic N) is 3. The zero-order valence-electron chi connectivity index (χ0n) is 15.2. The zero-order valence-corrected chi connectivity index (χ0v) is 16.0. The van der Waals surface area contributed by atoms with Gasteiger partial charge in [0.1, 0.15) is 22.2 Å². The molecule has 27 heavy (non-hydrogen) atoms. The van der Waals surface area contributed by atoms with E-state index >= 15 is 0 Å². The van der Waals surface area contributed by atoms with E-state index in [-0.39, 0.29) is 5.91 Å². The van der Waals surface area contributed by atoms with E-state index in [1.54, 1.807) is 50.8 Å². The minimum absolute atomic E-state index is 0.282. The molecule has 0 saturated heterocycles. The molecule has 8 heteroatoms. The van der Waals surface area contributed by atoms with Crippen molar-refractivity contribution >= 4 is 29.2 Å². The maximum atomic E-state index is 12.9. The van der Waals surface area contributed by atoms with Crippen LogP contribution in [0.2, 0.25) is 0 Å². The first-order valence-corrected chi connectivity index (χ1v) is 9.38. The lowest BCUT2D eigenvalue weighted by Crippen LogP contribution is -2.17. The van der Waals surface area contributed by atoms with Crippen LogP contribution in [0.1, 0.15) is 10.4 Å². The molecule has 0 saturated carbocycles. The average molecular weight is 381 g/mol. The fourth-order valence-electron chi connectivity index (χ4n) is 2.47. The van der Waals surface area contributed by atoms with E-state index in [1.165, 1.54) is 11.8 Å². The maximum Gasteiger partial charge on any atom is 0.262 e. The smallest absolute Gasteiger partial charge is 0.262 e. The van der Waals surface area contributed by atoms with E-state index in [4.69, 9.17) is 4.74 Å². The van der Waals surface area contributed by atoms with Crippen molar-refractivity contribution in [3.63, 3.8) is 0 Å². The first-order chi connectivity index (χ1) is 13.2. The van der Waals surface area contributed by atoms with Gasteiger partial charge in [0.05, 0.1) is 7.11 Å². The van der Waals surface area contributed by atoms with Crippen LogP contribution in [0.4, 0.5) is 11.5 Å². The van der Waals surface area contributed by atoms with Crippen molar-refractivity contribution in [2.24, 2.45) is 0 Å². The second-order valence-electron chi connectivity index (χ2n) is 5.45. The van der Waals surface area contributed by atoms with Crippen LogP contribution in [0.5, 0.6) is 5.75 Å². The first-order valence-electron chi connectivity index (χ1n) is 8.16. The molecule has 1 amide bonds. The van der Waals surface area contributed by atoms with Gasteiger partial charge in [0.2, 0.25) is 0 Å². The van der Waals surface area contributed by atoms with Gasteiger partial charge in [-0.3, -0.25) is 9.78 Å². The Balaban J connectivity index is 1.96. The van der Waals surface area contributed by atoms with Crippen LogP contribution < -0.4 is 15.4 Å². The summed E-state index contributed by atoms with van der Waals surface area (Å²) in [4.78, 5) is 26.0. The maximum absolute atomic E-state index is 12.9. The molecule has 3 aromatic rings. The molecular formula is C19H19N5O2S. The van der Waals surface area contributed by atoms with Gasteiger partial charge in [-0.2, -0.15) is 0 Å². The highest BCUT2D eigenvalue weighted by atomic mass is 32.2. The molecule has 0 aliphatic heterocycles. The quantitative estimate of drug-likeness (QED) is 0.498. The third kappa shape index (κ3) is 4.17. The number of rotatable bonds is 6. The lowest BCUT2D eigenvalue weighted by molar-refractivity contribution is 0.102. The number of nitrogens with one attached hydrogen (secondary N) is 2. The van der Waals surface area contributed by atoms with Crippen molar-refractivity contribution in [3.05, 3.63) is 54.4 Å². The number of methoxy groups -OCH3 is 1. The SMILES string of the molecule is CNc1nc(-c2ccncc2)nc(SC)c1C(=O)Nc1ccc(OC)cc1. The van der Waals surface area contributed by atoms with E-state index in [0.717, 1.165) is 11.3 Å². The minimum Gasteiger partial charge on any atom is -0.497 e. The molecule has 0 spiro atoms. The van der Waals surface area contributed by atoms with Crippen LogP contribution >= 0.6 is 11.8 Å². The number of anilines is 2. The van der Waals surface area contributed by atoms with Crippen molar-refractivity contribution in [1.82, 2.24) is 15.0 Å². The molecule has 7 nitrogen and oxygen atoms in total. The molecular weight excluding hydrogens is 362 g/mol. The lowest BCUT2D eigenvalue weighted by atomic mass is 10.2. The van der Waals surface area contributed by atoms with Crippen LogP contribution in [-0.4, -0.2) is 41.3 Å². The van der Waals surface area contributed by atoms with Gasteiger partial charge in [0.25, 0.3) is 5.91 Å². The Morgan fingerprint density at radius 2 is 1.78 bits per heavy atom. The molecule has 0 aliphatic rings. The van der Waals surface area contributed by atoms with Gasteiger partial charge in [-0.25, -0.2) is 9.97 Å². The number of hydrogen-bond donors (Lipinski definition) is 2. The van der Waals surface area contributed by atoms with Crippen molar-refractivity contribution in [2.45, 2.75) is 5.03 Å². The highest BCUT2D eigenvalue weighted by Crippen LogP contribution is 2.28. The fraction of sp³-hybridized carbons (Fsp3) is 0.158. The number of carbonyl (C=O) groups excluding carboxylic acids is 1. The number of benzene rings is 1. The molecule has 3 rings (SSSR count). The van der Waals surface area contributed by atoms with Crippen molar-refractivity contribution in [3.8, 4) is 17.1 Å². The Kier molecular flexibility index (Phi) is 5.87. The normalized spacial score (nSPS) is 10.3. The summed E-state index contributed by atoms with van der Waals surface area (Å²) in [5, 5.41) is 6.47. The van der Waals surface area contributed by atoms with Crippen LogP contribution in [0.15, 0.2) is 53.8 Å². The minimum atomic E-state index is -0.282. The standard InChI is InChI=1S/C19H19N5O2S/c1-20-17-15(18(25)22-13-4-6-14(26-2)7-5-13)19(27-3)24-16(23-17)12-8-10-21-11-9-12/h4-11H,1-3H3,(H,22,25)(H,20,23,24). The summed E-state index contributed by atoms with van der Waals surface area (Å²) in [6.45, 7) is 0. The summed E-state index contributed by atoms with van der Waals surface area (Å²) in [5.41, 5.74) is 1.89. The molecule has 0 atom stereocenters. The second kappa shape index (κ2) is 8.50. The predicted molar refractivity (Wildman–Crippen MR) is 108 cm³/mol. The van der Waals surface area contributed by atoms with Crippen molar-refractivity contribution < 1.29 is 9.53 Å². The van der Waals surface area contributed by atoms with E-state index in [9.17, 15) is 4.79 Å². The Morgan fingerprint density at radius 3 is 2.37 bits per heavy atom. The van der Waals surface area contributed by atoms with Crippen LogP contribution in [0.3, 0.4) is 0 Å².